The number of furan rings is 1. The van der Waals surface area contributed by atoms with Crippen LogP contribution in [0.2, 0.25) is 0 Å². The van der Waals surface area contributed by atoms with Crippen LogP contribution in [0.25, 0.3) is 0 Å². The number of ether oxygens (including phenoxy) is 2. The zero-order valence-electron chi connectivity index (χ0n) is 13.6. The summed E-state index contributed by atoms with van der Waals surface area (Å²) in [6.07, 6.45) is 0. The van der Waals surface area contributed by atoms with E-state index in [0.717, 1.165) is 6.07 Å². The fourth-order valence-electron chi connectivity index (χ4n) is 2.52. The summed E-state index contributed by atoms with van der Waals surface area (Å²) in [6.45, 7) is 1.90. The monoisotopic (exact) mass is 362 g/mol. The van der Waals surface area contributed by atoms with Crippen LogP contribution >= 0.6 is 0 Å². The minimum Gasteiger partial charge on any atom is -0.486 e. The molecule has 0 spiro atoms. The standard InChI is InChI=1S/C16H14N2O8/c1-8-10(16(20)21)4-9(26-8)7-17-15(19)11-5-13-14(25-3-2-24-13)6-12(11)18(22)23/h4-6H,2-3,7H2,1H3,(H,17,19)(H,20,21). The Kier molecular flexibility index (Phi) is 4.48. The molecule has 1 aromatic carbocycles. The summed E-state index contributed by atoms with van der Waals surface area (Å²) in [7, 11) is 0. The number of aromatic carboxylic acids is 1. The van der Waals surface area contributed by atoms with Crippen molar-refractivity contribution in [3.8, 4) is 11.5 Å². The molecule has 1 amide bonds. The Morgan fingerprint density at radius 3 is 2.42 bits per heavy atom. The van der Waals surface area contributed by atoms with Crippen LogP contribution in [0.5, 0.6) is 11.5 Å². The molecule has 1 aliphatic rings. The second-order valence-electron chi connectivity index (χ2n) is 5.44. The van der Waals surface area contributed by atoms with E-state index in [1.54, 1.807) is 0 Å². The molecule has 0 unspecified atom stereocenters. The summed E-state index contributed by atoms with van der Waals surface area (Å²) >= 11 is 0. The molecule has 10 heteroatoms. The number of fused-ring (bicyclic) bond motifs is 1. The lowest BCUT2D eigenvalue weighted by atomic mass is 10.1. The number of nitrogens with one attached hydrogen (secondary N) is 1. The van der Waals surface area contributed by atoms with E-state index in [-0.39, 0.29) is 53.9 Å². The van der Waals surface area contributed by atoms with Crippen LogP contribution in [-0.2, 0) is 6.54 Å². The average Bonchev–Trinajstić information content (AvgIpc) is 2.99. The molecule has 0 saturated heterocycles. The molecule has 3 rings (SSSR count). The number of carboxylic acid groups (broad SMARTS) is 1. The highest BCUT2D eigenvalue weighted by molar-refractivity contribution is 5.99. The van der Waals surface area contributed by atoms with Crippen LogP contribution in [-0.4, -0.2) is 35.1 Å². The lowest BCUT2D eigenvalue weighted by Crippen LogP contribution is -2.24. The molecule has 1 aromatic heterocycles. The van der Waals surface area contributed by atoms with E-state index in [2.05, 4.69) is 5.32 Å². The minimum atomic E-state index is -1.15. The Morgan fingerprint density at radius 2 is 1.85 bits per heavy atom. The Labute approximate surface area is 146 Å². The molecule has 0 aliphatic carbocycles. The third kappa shape index (κ3) is 3.29. The van der Waals surface area contributed by atoms with Gasteiger partial charge in [0.2, 0.25) is 0 Å². The summed E-state index contributed by atoms with van der Waals surface area (Å²) in [5.74, 6) is -1.01. The van der Waals surface area contributed by atoms with Crippen LogP contribution in [0.15, 0.2) is 22.6 Å². The maximum atomic E-state index is 12.4. The SMILES string of the molecule is Cc1oc(CNC(=O)c2cc3c(cc2[N+](=O)[O-])OCCO3)cc1C(=O)O. The minimum absolute atomic E-state index is 0.0143. The average molecular weight is 362 g/mol. The van der Waals surface area contributed by atoms with Crippen LogP contribution in [0, 0.1) is 17.0 Å². The van der Waals surface area contributed by atoms with Gasteiger partial charge in [0.05, 0.1) is 17.5 Å². The number of rotatable bonds is 5. The van der Waals surface area contributed by atoms with Crippen molar-refractivity contribution in [1.82, 2.24) is 5.32 Å². The molecule has 0 radical (unpaired) electrons. The first-order valence-electron chi connectivity index (χ1n) is 7.55. The van der Waals surface area contributed by atoms with Gasteiger partial charge in [0.15, 0.2) is 11.5 Å². The zero-order chi connectivity index (χ0) is 18.8. The third-order valence-electron chi connectivity index (χ3n) is 3.72. The fraction of sp³-hybridized carbons (Fsp3) is 0.250. The number of benzene rings is 1. The van der Waals surface area contributed by atoms with Gasteiger partial charge in [-0.1, -0.05) is 0 Å². The topological polar surface area (TPSA) is 141 Å². The number of amides is 1. The quantitative estimate of drug-likeness (QED) is 0.607. The number of hydrogen-bond donors (Lipinski definition) is 2. The molecule has 136 valence electrons. The number of nitro groups is 1. The summed E-state index contributed by atoms with van der Waals surface area (Å²) in [5.41, 5.74) is -0.630. The number of aryl methyl sites for hydroxylation is 1. The van der Waals surface area contributed by atoms with Gasteiger partial charge >= 0.3 is 5.97 Å². The van der Waals surface area contributed by atoms with Crippen LogP contribution in [0.3, 0.4) is 0 Å². The second-order valence-corrected chi connectivity index (χ2v) is 5.44. The third-order valence-corrected chi connectivity index (χ3v) is 3.72. The molecule has 0 fully saturated rings. The molecule has 0 bridgehead atoms. The van der Waals surface area contributed by atoms with E-state index in [4.69, 9.17) is 19.0 Å². The number of carbonyl (C=O) groups excluding carboxylic acids is 1. The van der Waals surface area contributed by atoms with Crippen LogP contribution < -0.4 is 14.8 Å². The smallest absolute Gasteiger partial charge is 0.339 e. The van der Waals surface area contributed by atoms with E-state index in [1.807, 2.05) is 0 Å². The normalized spacial score (nSPS) is 12.5. The summed E-state index contributed by atoms with van der Waals surface area (Å²) in [4.78, 5) is 34.0. The molecule has 1 aliphatic heterocycles. The summed E-state index contributed by atoms with van der Waals surface area (Å²) in [6, 6.07) is 3.68. The van der Waals surface area contributed by atoms with Gasteiger partial charge < -0.3 is 24.3 Å². The molecule has 2 heterocycles. The molecule has 26 heavy (non-hydrogen) atoms. The number of carbonyl (C=O) groups is 2. The Morgan fingerprint density at radius 1 is 1.19 bits per heavy atom. The van der Waals surface area contributed by atoms with Gasteiger partial charge in [0.25, 0.3) is 11.6 Å². The predicted molar refractivity (Wildman–Crippen MR) is 85.7 cm³/mol. The molecular weight excluding hydrogens is 348 g/mol. The van der Waals surface area contributed by atoms with E-state index in [0.29, 0.717) is 0 Å². The Hall–Kier alpha value is -3.56. The van der Waals surface area contributed by atoms with Crippen molar-refractivity contribution < 1.29 is 33.5 Å². The zero-order valence-corrected chi connectivity index (χ0v) is 13.6. The van der Waals surface area contributed by atoms with E-state index < -0.39 is 22.5 Å². The van der Waals surface area contributed by atoms with Gasteiger partial charge in [0, 0.05) is 6.07 Å². The highest BCUT2D eigenvalue weighted by Crippen LogP contribution is 2.36. The van der Waals surface area contributed by atoms with Gasteiger partial charge in [-0.25, -0.2) is 4.79 Å². The molecular formula is C16H14N2O8. The fourth-order valence-corrected chi connectivity index (χ4v) is 2.52. The highest BCUT2D eigenvalue weighted by atomic mass is 16.6. The first kappa shape index (κ1) is 17.3. The van der Waals surface area contributed by atoms with Crippen molar-refractivity contribution in [2.24, 2.45) is 0 Å². The van der Waals surface area contributed by atoms with Crippen molar-refractivity contribution in [3.05, 3.63) is 51.0 Å². The van der Waals surface area contributed by atoms with Crippen molar-refractivity contribution >= 4 is 17.6 Å². The Balaban J connectivity index is 1.82. The van der Waals surface area contributed by atoms with E-state index in [1.165, 1.54) is 19.1 Å². The lowest BCUT2D eigenvalue weighted by molar-refractivity contribution is -0.385. The number of carboxylic acids is 1. The van der Waals surface area contributed by atoms with Crippen molar-refractivity contribution in [1.29, 1.82) is 0 Å². The van der Waals surface area contributed by atoms with Gasteiger partial charge in [-0.15, -0.1) is 0 Å². The van der Waals surface area contributed by atoms with Gasteiger partial charge in [-0.05, 0) is 13.0 Å². The van der Waals surface area contributed by atoms with Gasteiger partial charge in [-0.3, -0.25) is 14.9 Å². The second kappa shape index (κ2) is 6.75. The van der Waals surface area contributed by atoms with Crippen molar-refractivity contribution in [2.75, 3.05) is 13.2 Å². The van der Waals surface area contributed by atoms with Gasteiger partial charge in [-0.2, -0.15) is 0 Å². The van der Waals surface area contributed by atoms with Crippen LogP contribution in [0.1, 0.15) is 32.2 Å². The maximum absolute atomic E-state index is 12.4. The molecule has 2 aromatic rings. The molecule has 2 N–H and O–H groups in total. The van der Waals surface area contributed by atoms with Crippen molar-refractivity contribution in [2.45, 2.75) is 13.5 Å². The number of nitrogens with zero attached hydrogens (tertiary/aromatic N) is 1. The molecule has 10 nitrogen and oxygen atoms in total. The summed E-state index contributed by atoms with van der Waals surface area (Å²) < 4.78 is 15.9. The Bertz CT molecular complexity index is 902. The van der Waals surface area contributed by atoms with Gasteiger partial charge in [0.1, 0.15) is 35.9 Å². The largest absolute Gasteiger partial charge is 0.486 e. The first-order chi connectivity index (χ1) is 12.4. The van der Waals surface area contributed by atoms with Crippen LogP contribution in [0.4, 0.5) is 5.69 Å². The lowest BCUT2D eigenvalue weighted by Gasteiger charge is -2.18. The number of nitro benzene ring substituents is 1. The number of hydrogen-bond acceptors (Lipinski definition) is 7. The first-order valence-corrected chi connectivity index (χ1v) is 7.55. The highest BCUT2D eigenvalue weighted by Gasteiger charge is 2.26. The summed E-state index contributed by atoms with van der Waals surface area (Å²) in [5, 5.41) is 22.7. The maximum Gasteiger partial charge on any atom is 0.339 e. The van der Waals surface area contributed by atoms with E-state index in [9.17, 15) is 19.7 Å². The molecule has 0 atom stereocenters. The predicted octanol–water partition coefficient (Wildman–Crippen LogP) is 1.90. The molecule has 0 saturated carbocycles. The van der Waals surface area contributed by atoms with Crippen molar-refractivity contribution in [3.63, 3.8) is 0 Å². The van der Waals surface area contributed by atoms with E-state index >= 15 is 0 Å².